The van der Waals surface area contributed by atoms with Crippen LogP contribution in [0, 0.1) is 0 Å². The van der Waals surface area contributed by atoms with Gasteiger partial charge >= 0.3 is 0 Å². The molecule has 3 nitrogen and oxygen atoms in total. The van der Waals surface area contributed by atoms with Gasteiger partial charge in [0.05, 0.1) is 19.3 Å². The van der Waals surface area contributed by atoms with E-state index in [0.29, 0.717) is 6.61 Å². The first-order valence-corrected chi connectivity index (χ1v) is 3.46. The van der Waals surface area contributed by atoms with Crippen LogP contribution in [0.25, 0.3) is 0 Å². The van der Waals surface area contributed by atoms with Crippen LogP contribution in [0.4, 0.5) is 0 Å². The molecule has 0 unspecified atom stereocenters. The summed E-state index contributed by atoms with van der Waals surface area (Å²) >= 11 is 0. The fourth-order valence-corrected chi connectivity index (χ4v) is 0.706. The standard InChI is InChI=1S/C7H16O3/c1-6(2)10-7(4-8)5-9-3/h6-8H,4-5H2,1-3H3/t7-/m0/s1. The van der Waals surface area contributed by atoms with Crippen LogP contribution in [0.15, 0.2) is 0 Å². The van der Waals surface area contributed by atoms with Gasteiger partial charge in [0.15, 0.2) is 0 Å². The summed E-state index contributed by atoms with van der Waals surface area (Å²) in [6.07, 6.45) is -0.0303. The Labute approximate surface area is 62.0 Å². The molecule has 0 rings (SSSR count). The number of rotatable bonds is 5. The Hall–Kier alpha value is -0.120. The summed E-state index contributed by atoms with van der Waals surface area (Å²) in [5.74, 6) is 0. The zero-order valence-corrected chi connectivity index (χ0v) is 6.83. The Bertz CT molecular complexity index is 73.3. The van der Waals surface area contributed by atoms with E-state index in [2.05, 4.69) is 0 Å². The fraction of sp³-hybridized carbons (Fsp3) is 1.00. The molecule has 62 valence electrons. The average Bonchev–Trinajstić information content (AvgIpc) is 1.86. The second-order valence-electron chi connectivity index (χ2n) is 2.44. The minimum absolute atomic E-state index is 0.0199. The van der Waals surface area contributed by atoms with Crippen LogP contribution < -0.4 is 0 Å². The quantitative estimate of drug-likeness (QED) is 0.614. The van der Waals surface area contributed by atoms with E-state index in [1.54, 1.807) is 7.11 Å². The molecule has 0 aromatic heterocycles. The molecule has 1 atom stereocenters. The summed E-state index contributed by atoms with van der Waals surface area (Å²) in [5.41, 5.74) is 0. The van der Waals surface area contributed by atoms with Gasteiger partial charge in [-0.25, -0.2) is 0 Å². The molecule has 0 bridgehead atoms. The van der Waals surface area contributed by atoms with Crippen LogP contribution in [0.5, 0.6) is 0 Å². The summed E-state index contributed by atoms with van der Waals surface area (Å²) in [6, 6.07) is 0. The fourth-order valence-electron chi connectivity index (χ4n) is 0.706. The lowest BCUT2D eigenvalue weighted by molar-refractivity contribution is -0.0582. The predicted molar refractivity (Wildman–Crippen MR) is 39.0 cm³/mol. The van der Waals surface area contributed by atoms with Gasteiger partial charge in [-0.05, 0) is 13.8 Å². The Morgan fingerprint density at radius 3 is 2.30 bits per heavy atom. The first-order valence-electron chi connectivity index (χ1n) is 3.46. The lowest BCUT2D eigenvalue weighted by atomic mass is 10.4. The van der Waals surface area contributed by atoms with Crippen molar-refractivity contribution >= 4 is 0 Å². The van der Waals surface area contributed by atoms with Gasteiger partial charge in [0, 0.05) is 7.11 Å². The van der Waals surface area contributed by atoms with Gasteiger partial charge in [-0.15, -0.1) is 0 Å². The number of aliphatic hydroxyl groups is 1. The van der Waals surface area contributed by atoms with Crippen LogP contribution in [0.3, 0.4) is 0 Å². The Morgan fingerprint density at radius 1 is 1.40 bits per heavy atom. The number of methoxy groups -OCH3 is 1. The van der Waals surface area contributed by atoms with Crippen LogP contribution in [0.2, 0.25) is 0 Å². The first kappa shape index (κ1) is 9.88. The molecule has 0 amide bonds. The third-order valence-electron chi connectivity index (χ3n) is 1.02. The Kier molecular flexibility index (Phi) is 5.58. The second kappa shape index (κ2) is 5.65. The van der Waals surface area contributed by atoms with Crippen molar-refractivity contribution in [1.82, 2.24) is 0 Å². The zero-order chi connectivity index (χ0) is 7.98. The number of hydrogen-bond donors (Lipinski definition) is 1. The summed E-state index contributed by atoms with van der Waals surface area (Å²) in [7, 11) is 1.59. The van der Waals surface area contributed by atoms with Gasteiger partial charge in [0.2, 0.25) is 0 Å². The van der Waals surface area contributed by atoms with E-state index in [1.807, 2.05) is 13.8 Å². The minimum atomic E-state index is -0.176. The predicted octanol–water partition coefficient (Wildman–Crippen LogP) is 0.419. The van der Waals surface area contributed by atoms with Crippen LogP contribution in [-0.4, -0.2) is 37.6 Å². The molecule has 0 radical (unpaired) electrons. The molecule has 0 spiro atoms. The molecule has 10 heavy (non-hydrogen) atoms. The van der Waals surface area contributed by atoms with Crippen molar-refractivity contribution in [2.24, 2.45) is 0 Å². The van der Waals surface area contributed by atoms with E-state index >= 15 is 0 Å². The first-order chi connectivity index (χ1) is 4.70. The SMILES string of the molecule is COC[C@H](CO)OC(C)C. The van der Waals surface area contributed by atoms with Crippen LogP contribution in [-0.2, 0) is 9.47 Å². The van der Waals surface area contributed by atoms with E-state index < -0.39 is 0 Å². The van der Waals surface area contributed by atoms with Gasteiger partial charge in [0.1, 0.15) is 6.10 Å². The van der Waals surface area contributed by atoms with Gasteiger partial charge in [0.25, 0.3) is 0 Å². The second-order valence-corrected chi connectivity index (χ2v) is 2.44. The highest BCUT2D eigenvalue weighted by Crippen LogP contribution is 1.96. The highest BCUT2D eigenvalue weighted by Gasteiger charge is 2.07. The van der Waals surface area contributed by atoms with Crippen molar-refractivity contribution in [2.75, 3.05) is 20.3 Å². The molecule has 0 heterocycles. The summed E-state index contributed by atoms with van der Waals surface area (Å²) in [5, 5.41) is 8.70. The van der Waals surface area contributed by atoms with Crippen molar-refractivity contribution in [3.8, 4) is 0 Å². The molecule has 1 N–H and O–H groups in total. The molecule has 0 aromatic carbocycles. The van der Waals surface area contributed by atoms with Crippen LogP contribution >= 0.6 is 0 Å². The molecular formula is C7H16O3. The zero-order valence-electron chi connectivity index (χ0n) is 6.83. The van der Waals surface area contributed by atoms with E-state index in [1.165, 1.54) is 0 Å². The normalized spacial score (nSPS) is 14.1. The molecule has 0 aliphatic heterocycles. The van der Waals surface area contributed by atoms with Crippen LogP contribution in [0.1, 0.15) is 13.8 Å². The third-order valence-corrected chi connectivity index (χ3v) is 1.02. The van der Waals surface area contributed by atoms with Crippen molar-refractivity contribution in [3.05, 3.63) is 0 Å². The largest absolute Gasteiger partial charge is 0.394 e. The van der Waals surface area contributed by atoms with Crippen molar-refractivity contribution in [2.45, 2.75) is 26.1 Å². The molecular weight excluding hydrogens is 132 g/mol. The maximum atomic E-state index is 8.70. The molecule has 0 saturated heterocycles. The number of aliphatic hydroxyl groups excluding tert-OH is 1. The molecule has 0 saturated carbocycles. The number of ether oxygens (including phenoxy) is 2. The molecule has 0 aromatic rings. The van der Waals surface area contributed by atoms with E-state index in [4.69, 9.17) is 14.6 Å². The van der Waals surface area contributed by atoms with Crippen molar-refractivity contribution in [3.63, 3.8) is 0 Å². The highest BCUT2D eigenvalue weighted by molar-refractivity contribution is 4.54. The average molecular weight is 148 g/mol. The van der Waals surface area contributed by atoms with Crippen molar-refractivity contribution < 1.29 is 14.6 Å². The lowest BCUT2D eigenvalue weighted by Gasteiger charge is -2.16. The maximum absolute atomic E-state index is 8.70. The molecule has 3 heteroatoms. The third kappa shape index (κ3) is 4.73. The van der Waals surface area contributed by atoms with Crippen molar-refractivity contribution in [1.29, 1.82) is 0 Å². The smallest absolute Gasteiger partial charge is 0.104 e. The van der Waals surface area contributed by atoms with Gasteiger partial charge in [-0.3, -0.25) is 0 Å². The topological polar surface area (TPSA) is 38.7 Å². The lowest BCUT2D eigenvalue weighted by Crippen LogP contribution is -2.26. The molecule has 0 aliphatic carbocycles. The van der Waals surface area contributed by atoms with E-state index in [9.17, 15) is 0 Å². The van der Waals surface area contributed by atoms with E-state index in [0.717, 1.165) is 0 Å². The molecule has 0 aliphatic rings. The minimum Gasteiger partial charge on any atom is -0.394 e. The molecule has 0 fully saturated rings. The Balaban J connectivity index is 3.39. The van der Waals surface area contributed by atoms with Gasteiger partial charge in [-0.2, -0.15) is 0 Å². The Morgan fingerprint density at radius 2 is 2.00 bits per heavy atom. The van der Waals surface area contributed by atoms with E-state index in [-0.39, 0.29) is 18.8 Å². The number of hydrogen-bond acceptors (Lipinski definition) is 3. The maximum Gasteiger partial charge on any atom is 0.104 e. The van der Waals surface area contributed by atoms with Gasteiger partial charge < -0.3 is 14.6 Å². The summed E-state index contributed by atoms with van der Waals surface area (Å²) in [6.45, 7) is 4.33. The highest BCUT2D eigenvalue weighted by atomic mass is 16.5. The summed E-state index contributed by atoms with van der Waals surface area (Å²) in [4.78, 5) is 0. The monoisotopic (exact) mass is 148 g/mol. The van der Waals surface area contributed by atoms with Gasteiger partial charge in [-0.1, -0.05) is 0 Å². The summed E-state index contributed by atoms with van der Waals surface area (Å²) < 4.78 is 10.1.